The topological polar surface area (TPSA) is 75.3 Å². The molecule has 1 saturated heterocycles. The Bertz CT molecular complexity index is 566. The molecule has 1 aromatic carbocycles. The van der Waals surface area contributed by atoms with Crippen molar-refractivity contribution in [2.45, 2.75) is 25.0 Å². The summed E-state index contributed by atoms with van der Waals surface area (Å²) in [5.41, 5.74) is 0.780. The first-order valence-electron chi connectivity index (χ1n) is 7.77. The summed E-state index contributed by atoms with van der Waals surface area (Å²) in [7, 11) is -3.19. The molecule has 2 N–H and O–H groups in total. The lowest BCUT2D eigenvalue weighted by Gasteiger charge is -2.09. The van der Waals surface area contributed by atoms with E-state index in [2.05, 4.69) is 10.6 Å². The van der Waals surface area contributed by atoms with Gasteiger partial charge in [0.15, 0.2) is 9.84 Å². The lowest BCUT2D eigenvalue weighted by molar-refractivity contribution is -0.121. The summed E-state index contributed by atoms with van der Waals surface area (Å²) in [4.78, 5) is 11.7. The molecule has 1 aliphatic rings. The van der Waals surface area contributed by atoms with E-state index in [-0.39, 0.29) is 24.0 Å². The minimum atomic E-state index is -3.19. The molecule has 0 aliphatic carbocycles. The van der Waals surface area contributed by atoms with Crippen molar-refractivity contribution in [3.05, 3.63) is 35.9 Å². The van der Waals surface area contributed by atoms with Gasteiger partial charge in [0, 0.05) is 13.0 Å². The second-order valence-corrected chi connectivity index (χ2v) is 8.01. The SMILES string of the molecule is O=C(CCC1CCNC1)NCCS(=O)(=O)Cc1ccccc1. The van der Waals surface area contributed by atoms with E-state index in [0.29, 0.717) is 12.3 Å². The Morgan fingerprint density at radius 3 is 2.73 bits per heavy atom. The van der Waals surface area contributed by atoms with Gasteiger partial charge in [-0.1, -0.05) is 30.3 Å². The van der Waals surface area contributed by atoms with Crippen molar-refractivity contribution in [3.63, 3.8) is 0 Å². The lowest BCUT2D eigenvalue weighted by atomic mass is 10.0. The van der Waals surface area contributed by atoms with Crippen molar-refractivity contribution < 1.29 is 13.2 Å². The fraction of sp³-hybridized carbons (Fsp3) is 0.562. The van der Waals surface area contributed by atoms with Crippen LogP contribution in [0.2, 0.25) is 0 Å². The number of amides is 1. The Morgan fingerprint density at radius 2 is 2.05 bits per heavy atom. The maximum atomic E-state index is 12.0. The molecule has 1 unspecified atom stereocenters. The summed E-state index contributed by atoms with van der Waals surface area (Å²) in [6.45, 7) is 2.21. The van der Waals surface area contributed by atoms with Crippen molar-refractivity contribution in [2.75, 3.05) is 25.4 Å². The molecule has 0 spiro atoms. The molecule has 0 aromatic heterocycles. The molecule has 1 fully saturated rings. The summed E-state index contributed by atoms with van der Waals surface area (Å²) in [6, 6.07) is 9.10. The first-order chi connectivity index (χ1) is 10.6. The van der Waals surface area contributed by atoms with Crippen molar-refractivity contribution in [2.24, 2.45) is 5.92 Å². The molecule has 2 rings (SSSR count). The van der Waals surface area contributed by atoms with Crippen LogP contribution in [0.1, 0.15) is 24.8 Å². The van der Waals surface area contributed by atoms with Gasteiger partial charge in [0.25, 0.3) is 0 Å². The molecule has 122 valence electrons. The fourth-order valence-corrected chi connectivity index (χ4v) is 3.89. The van der Waals surface area contributed by atoms with E-state index in [1.807, 2.05) is 18.2 Å². The standard InChI is InChI=1S/C16H24N2O3S/c19-16(7-6-14-8-9-17-12-14)18-10-11-22(20,21)13-15-4-2-1-3-5-15/h1-5,14,17H,6-13H2,(H,18,19). The molecule has 1 heterocycles. The zero-order chi connectivity index (χ0) is 15.8. The molecule has 0 saturated carbocycles. The number of hydrogen-bond acceptors (Lipinski definition) is 4. The van der Waals surface area contributed by atoms with Gasteiger partial charge in [-0.25, -0.2) is 8.42 Å². The van der Waals surface area contributed by atoms with Gasteiger partial charge >= 0.3 is 0 Å². The number of hydrogen-bond donors (Lipinski definition) is 2. The summed E-state index contributed by atoms with van der Waals surface area (Å²) in [5, 5.41) is 5.98. The lowest BCUT2D eigenvalue weighted by Crippen LogP contribution is -2.29. The Labute approximate surface area is 132 Å². The van der Waals surface area contributed by atoms with Crippen LogP contribution in [0, 0.1) is 5.92 Å². The van der Waals surface area contributed by atoms with Gasteiger partial charge in [-0.05, 0) is 37.4 Å². The third-order valence-electron chi connectivity index (χ3n) is 3.91. The number of carbonyl (C=O) groups excluding carboxylic acids is 1. The largest absolute Gasteiger partial charge is 0.355 e. The molecular formula is C16H24N2O3S. The first-order valence-corrected chi connectivity index (χ1v) is 9.59. The van der Waals surface area contributed by atoms with Gasteiger partial charge in [0.2, 0.25) is 5.91 Å². The van der Waals surface area contributed by atoms with E-state index in [9.17, 15) is 13.2 Å². The van der Waals surface area contributed by atoms with Gasteiger partial charge in [0.05, 0.1) is 11.5 Å². The molecule has 1 atom stereocenters. The maximum Gasteiger partial charge on any atom is 0.220 e. The molecular weight excluding hydrogens is 300 g/mol. The van der Waals surface area contributed by atoms with Crippen molar-refractivity contribution >= 4 is 15.7 Å². The Balaban J connectivity index is 1.65. The summed E-state index contributed by atoms with van der Waals surface area (Å²) in [6.07, 6.45) is 2.47. The van der Waals surface area contributed by atoms with Crippen LogP contribution in [0.3, 0.4) is 0 Å². The zero-order valence-corrected chi connectivity index (χ0v) is 13.6. The van der Waals surface area contributed by atoms with E-state index in [1.54, 1.807) is 12.1 Å². The predicted molar refractivity (Wildman–Crippen MR) is 87.2 cm³/mol. The van der Waals surface area contributed by atoms with Gasteiger partial charge in [-0.2, -0.15) is 0 Å². The molecule has 1 aliphatic heterocycles. The summed E-state index contributed by atoms with van der Waals surface area (Å²) < 4.78 is 24.0. The fourth-order valence-electron chi connectivity index (χ4n) is 2.63. The second kappa shape index (κ2) is 8.29. The van der Waals surface area contributed by atoms with Crippen LogP contribution < -0.4 is 10.6 Å². The van der Waals surface area contributed by atoms with Crippen LogP contribution in [0.15, 0.2) is 30.3 Å². The van der Waals surface area contributed by atoms with Crippen LogP contribution in [0.5, 0.6) is 0 Å². The highest BCUT2D eigenvalue weighted by Gasteiger charge is 2.16. The van der Waals surface area contributed by atoms with Crippen molar-refractivity contribution in [1.82, 2.24) is 10.6 Å². The smallest absolute Gasteiger partial charge is 0.220 e. The van der Waals surface area contributed by atoms with Gasteiger partial charge in [-0.15, -0.1) is 0 Å². The highest BCUT2D eigenvalue weighted by molar-refractivity contribution is 7.90. The van der Waals surface area contributed by atoms with Crippen LogP contribution >= 0.6 is 0 Å². The first kappa shape index (κ1) is 17.0. The number of carbonyl (C=O) groups is 1. The van der Waals surface area contributed by atoms with Crippen molar-refractivity contribution in [3.8, 4) is 0 Å². The average Bonchev–Trinajstić information content (AvgIpc) is 2.99. The number of nitrogens with one attached hydrogen (secondary N) is 2. The van der Waals surface area contributed by atoms with Crippen molar-refractivity contribution in [1.29, 1.82) is 0 Å². The number of sulfone groups is 1. The Morgan fingerprint density at radius 1 is 1.27 bits per heavy atom. The van der Waals surface area contributed by atoms with Crippen LogP contribution in [0.4, 0.5) is 0 Å². The number of benzene rings is 1. The highest BCUT2D eigenvalue weighted by atomic mass is 32.2. The Hall–Kier alpha value is -1.40. The van der Waals surface area contributed by atoms with Crippen LogP contribution in [0.25, 0.3) is 0 Å². The third-order valence-corrected chi connectivity index (χ3v) is 5.51. The maximum absolute atomic E-state index is 12.0. The number of rotatable bonds is 8. The molecule has 0 bridgehead atoms. The van der Waals surface area contributed by atoms with Gasteiger partial charge in [0.1, 0.15) is 0 Å². The molecule has 5 nitrogen and oxygen atoms in total. The quantitative estimate of drug-likeness (QED) is 0.751. The highest BCUT2D eigenvalue weighted by Crippen LogP contribution is 2.13. The zero-order valence-electron chi connectivity index (χ0n) is 12.8. The van der Waals surface area contributed by atoms with E-state index in [4.69, 9.17) is 0 Å². The second-order valence-electron chi connectivity index (χ2n) is 5.83. The predicted octanol–water partition coefficient (Wildman–Crippen LogP) is 1.11. The monoisotopic (exact) mass is 324 g/mol. The van der Waals surface area contributed by atoms with Gasteiger partial charge in [-0.3, -0.25) is 4.79 Å². The molecule has 1 aromatic rings. The Kier molecular flexibility index (Phi) is 6.39. The summed E-state index contributed by atoms with van der Waals surface area (Å²) >= 11 is 0. The molecule has 0 radical (unpaired) electrons. The van der Waals surface area contributed by atoms with E-state index >= 15 is 0 Å². The van der Waals surface area contributed by atoms with E-state index in [1.165, 1.54) is 0 Å². The summed E-state index contributed by atoms with van der Waals surface area (Å²) in [5.74, 6) is 0.533. The minimum absolute atomic E-state index is 0.0153. The molecule has 22 heavy (non-hydrogen) atoms. The average molecular weight is 324 g/mol. The van der Waals surface area contributed by atoms with E-state index in [0.717, 1.165) is 31.5 Å². The molecule has 6 heteroatoms. The van der Waals surface area contributed by atoms with E-state index < -0.39 is 9.84 Å². The van der Waals surface area contributed by atoms with Gasteiger partial charge < -0.3 is 10.6 Å². The van der Waals surface area contributed by atoms with Crippen LogP contribution in [-0.4, -0.2) is 39.7 Å². The third kappa shape index (κ3) is 6.15. The van der Waals surface area contributed by atoms with Crippen LogP contribution in [-0.2, 0) is 20.4 Å². The molecule has 1 amide bonds. The minimum Gasteiger partial charge on any atom is -0.355 e. The normalized spacial score (nSPS) is 18.3.